The molecular weight excluding hydrogens is 316 g/mol. The Morgan fingerprint density at radius 2 is 2.08 bits per heavy atom. The number of benzene rings is 2. The van der Waals surface area contributed by atoms with Crippen LogP contribution in [0.5, 0.6) is 17.2 Å². The third-order valence-electron chi connectivity index (χ3n) is 4.23. The second-order valence-electron chi connectivity index (χ2n) is 6.04. The maximum atomic E-state index is 12.6. The van der Waals surface area contributed by atoms with Crippen LogP contribution in [0, 0.1) is 0 Å². The van der Waals surface area contributed by atoms with Crippen LogP contribution in [-0.4, -0.2) is 24.1 Å². The largest absolute Gasteiger partial charge is 0.507 e. The van der Waals surface area contributed by atoms with Crippen molar-refractivity contribution in [2.75, 3.05) is 7.11 Å². The van der Waals surface area contributed by atoms with E-state index in [9.17, 15) is 9.90 Å². The lowest BCUT2D eigenvalue weighted by Gasteiger charge is -2.12. The minimum atomic E-state index is -0.320. The Balaban J connectivity index is 1.97. The van der Waals surface area contributed by atoms with Crippen LogP contribution in [0.15, 0.2) is 54.6 Å². The van der Waals surface area contributed by atoms with E-state index in [-0.39, 0.29) is 23.2 Å². The van der Waals surface area contributed by atoms with Gasteiger partial charge in [0.1, 0.15) is 28.9 Å². The molecular formula is C21H20O4. The number of phenols is 1. The summed E-state index contributed by atoms with van der Waals surface area (Å²) in [5.41, 5.74) is 2.54. The minimum absolute atomic E-state index is 0.0826. The minimum Gasteiger partial charge on any atom is -0.507 e. The first-order chi connectivity index (χ1) is 12.0. The van der Waals surface area contributed by atoms with Gasteiger partial charge in [0.25, 0.3) is 0 Å². The Morgan fingerprint density at radius 1 is 1.36 bits per heavy atom. The molecule has 0 fully saturated rings. The zero-order chi connectivity index (χ0) is 18.0. The van der Waals surface area contributed by atoms with E-state index < -0.39 is 0 Å². The Morgan fingerprint density at radius 3 is 2.72 bits per heavy atom. The predicted molar refractivity (Wildman–Crippen MR) is 97.4 cm³/mol. The molecule has 2 aromatic rings. The highest BCUT2D eigenvalue weighted by molar-refractivity contribution is 6.11. The summed E-state index contributed by atoms with van der Waals surface area (Å²) in [7, 11) is 1.46. The molecule has 0 radical (unpaired) electrons. The van der Waals surface area contributed by atoms with Crippen molar-refractivity contribution in [3.8, 4) is 17.2 Å². The molecule has 1 heterocycles. The zero-order valence-corrected chi connectivity index (χ0v) is 14.3. The monoisotopic (exact) mass is 336 g/mol. The van der Waals surface area contributed by atoms with E-state index in [0.29, 0.717) is 23.5 Å². The van der Waals surface area contributed by atoms with Gasteiger partial charge in [0.05, 0.1) is 7.11 Å². The molecule has 1 N–H and O–H groups in total. The summed E-state index contributed by atoms with van der Waals surface area (Å²) < 4.78 is 11.1. The lowest BCUT2D eigenvalue weighted by Crippen LogP contribution is -2.13. The van der Waals surface area contributed by atoms with Crippen molar-refractivity contribution in [1.29, 1.82) is 0 Å². The van der Waals surface area contributed by atoms with Crippen LogP contribution in [0.2, 0.25) is 0 Å². The first-order valence-corrected chi connectivity index (χ1v) is 8.03. The number of ketones is 1. The van der Waals surface area contributed by atoms with Crippen LogP contribution in [0.1, 0.15) is 28.4 Å². The van der Waals surface area contributed by atoms with Gasteiger partial charge < -0.3 is 14.6 Å². The van der Waals surface area contributed by atoms with Gasteiger partial charge in [0.15, 0.2) is 5.78 Å². The Bertz CT molecular complexity index is 850. The molecule has 0 amide bonds. The number of rotatable bonds is 5. The highest BCUT2D eigenvalue weighted by Crippen LogP contribution is 2.44. The fraction of sp³-hybridized carbons (Fsp3) is 0.190. The fourth-order valence-electron chi connectivity index (χ4n) is 2.84. The lowest BCUT2D eigenvalue weighted by atomic mass is 9.99. The lowest BCUT2D eigenvalue weighted by molar-refractivity contribution is 0.104. The normalized spacial score (nSPS) is 15.7. The molecule has 1 atom stereocenters. The second-order valence-corrected chi connectivity index (χ2v) is 6.04. The number of ether oxygens (including phenoxy) is 2. The standard InChI is InChI=1S/C21H20O4/c1-13(2)17-11-15-18(25-17)12-19(24-3)20(21(15)23)16(22)10-9-14-7-5-4-6-8-14/h4-10,12,17,23H,1,11H2,2-3H3/t17-/m0/s1. The third kappa shape index (κ3) is 3.29. The summed E-state index contributed by atoms with van der Waals surface area (Å²) >= 11 is 0. The molecule has 3 rings (SSSR count). The van der Waals surface area contributed by atoms with Crippen LogP contribution >= 0.6 is 0 Å². The van der Waals surface area contributed by atoms with Gasteiger partial charge in [-0.05, 0) is 24.1 Å². The average molecular weight is 336 g/mol. The summed E-state index contributed by atoms with van der Waals surface area (Å²) in [6.07, 6.45) is 3.44. The van der Waals surface area contributed by atoms with Gasteiger partial charge in [-0.1, -0.05) is 43.0 Å². The zero-order valence-electron chi connectivity index (χ0n) is 14.3. The van der Waals surface area contributed by atoms with Crippen LogP contribution in [0.3, 0.4) is 0 Å². The topological polar surface area (TPSA) is 55.8 Å². The van der Waals surface area contributed by atoms with Gasteiger partial charge in [0, 0.05) is 18.1 Å². The van der Waals surface area contributed by atoms with E-state index in [2.05, 4.69) is 6.58 Å². The molecule has 0 aliphatic carbocycles. The predicted octanol–water partition coefficient (Wildman–Crippen LogP) is 4.18. The number of carbonyl (C=O) groups excluding carboxylic acids is 1. The van der Waals surface area contributed by atoms with Crippen molar-refractivity contribution < 1.29 is 19.4 Å². The summed E-state index contributed by atoms with van der Waals surface area (Å²) in [6.45, 7) is 5.77. The van der Waals surface area contributed by atoms with E-state index in [1.165, 1.54) is 13.2 Å². The number of methoxy groups -OCH3 is 1. The maximum Gasteiger partial charge on any atom is 0.193 e. The Labute approximate surface area is 147 Å². The number of hydrogen-bond donors (Lipinski definition) is 1. The highest BCUT2D eigenvalue weighted by Gasteiger charge is 2.31. The number of allylic oxidation sites excluding steroid dienone is 1. The van der Waals surface area contributed by atoms with Crippen molar-refractivity contribution in [2.45, 2.75) is 19.4 Å². The molecule has 0 unspecified atom stereocenters. The summed E-state index contributed by atoms with van der Waals surface area (Å²) in [5.74, 6) is 0.424. The molecule has 1 aliphatic heterocycles. The van der Waals surface area contributed by atoms with Crippen LogP contribution in [0.25, 0.3) is 6.08 Å². The first kappa shape index (κ1) is 16.8. The van der Waals surface area contributed by atoms with Crippen LogP contribution in [0.4, 0.5) is 0 Å². The molecule has 2 aromatic carbocycles. The first-order valence-electron chi connectivity index (χ1n) is 8.03. The van der Waals surface area contributed by atoms with Crippen molar-refractivity contribution in [1.82, 2.24) is 0 Å². The number of phenolic OH excluding ortho intramolecular Hbond substituents is 1. The Hall–Kier alpha value is -3.01. The van der Waals surface area contributed by atoms with Crippen LogP contribution < -0.4 is 9.47 Å². The van der Waals surface area contributed by atoms with E-state index >= 15 is 0 Å². The van der Waals surface area contributed by atoms with E-state index in [1.54, 1.807) is 12.1 Å². The maximum absolute atomic E-state index is 12.6. The smallest absolute Gasteiger partial charge is 0.193 e. The summed E-state index contributed by atoms with van der Waals surface area (Å²) in [6, 6.07) is 11.2. The van der Waals surface area contributed by atoms with E-state index in [1.807, 2.05) is 37.3 Å². The van der Waals surface area contributed by atoms with Gasteiger partial charge >= 0.3 is 0 Å². The average Bonchev–Trinajstić information content (AvgIpc) is 3.05. The van der Waals surface area contributed by atoms with Gasteiger partial charge in [-0.15, -0.1) is 0 Å². The van der Waals surface area contributed by atoms with E-state index in [0.717, 1.165) is 11.1 Å². The van der Waals surface area contributed by atoms with Crippen molar-refractivity contribution in [3.05, 3.63) is 71.3 Å². The summed E-state index contributed by atoms with van der Waals surface area (Å²) in [4.78, 5) is 12.6. The van der Waals surface area contributed by atoms with Gasteiger partial charge in [-0.3, -0.25) is 4.79 Å². The van der Waals surface area contributed by atoms with Crippen molar-refractivity contribution in [2.24, 2.45) is 0 Å². The van der Waals surface area contributed by atoms with E-state index in [4.69, 9.17) is 9.47 Å². The summed E-state index contributed by atoms with van der Waals surface area (Å²) in [5, 5.41) is 10.6. The number of hydrogen-bond acceptors (Lipinski definition) is 4. The third-order valence-corrected chi connectivity index (χ3v) is 4.23. The van der Waals surface area contributed by atoms with Crippen molar-refractivity contribution >= 4 is 11.9 Å². The number of carbonyl (C=O) groups is 1. The molecule has 0 bridgehead atoms. The number of aromatic hydroxyl groups is 1. The molecule has 25 heavy (non-hydrogen) atoms. The molecule has 1 aliphatic rings. The van der Waals surface area contributed by atoms with Crippen LogP contribution in [-0.2, 0) is 6.42 Å². The molecule has 4 nitrogen and oxygen atoms in total. The highest BCUT2D eigenvalue weighted by atomic mass is 16.5. The SMILES string of the molecule is C=C(C)[C@@H]1Cc2c(cc(OC)c(C(=O)C=Cc3ccccc3)c2O)O1. The quantitative estimate of drug-likeness (QED) is 0.506. The molecule has 0 saturated heterocycles. The molecule has 0 aromatic heterocycles. The molecule has 128 valence electrons. The Kier molecular flexibility index (Phi) is 4.61. The molecule has 0 saturated carbocycles. The van der Waals surface area contributed by atoms with Gasteiger partial charge in [-0.2, -0.15) is 0 Å². The van der Waals surface area contributed by atoms with Gasteiger partial charge in [0.2, 0.25) is 0 Å². The molecule has 0 spiro atoms. The second kappa shape index (κ2) is 6.85. The van der Waals surface area contributed by atoms with Gasteiger partial charge in [-0.25, -0.2) is 0 Å². The number of fused-ring (bicyclic) bond motifs is 1. The van der Waals surface area contributed by atoms with Crippen molar-refractivity contribution in [3.63, 3.8) is 0 Å². The molecule has 4 heteroatoms. The fourth-order valence-corrected chi connectivity index (χ4v) is 2.84.